The Morgan fingerprint density at radius 2 is 0.299 bits per heavy atom. The van der Waals surface area contributed by atoms with Gasteiger partial charge in [0.05, 0.1) is 0 Å². The fourth-order valence-corrected chi connectivity index (χ4v) is 102. The Morgan fingerprint density at radius 1 is 0.169 bits per heavy atom. The van der Waals surface area contributed by atoms with Gasteiger partial charge in [-0.05, 0) is 235 Å². The lowest BCUT2D eigenvalue weighted by molar-refractivity contribution is 0.124. The van der Waals surface area contributed by atoms with Gasteiger partial charge in [-0.2, -0.15) is 0 Å². The summed E-state index contributed by atoms with van der Waals surface area (Å²) in [5, 5.41) is 0. The van der Waals surface area contributed by atoms with Gasteiger partial charge >= 0.3 is 137 Å². The molecule has 77 heavy (non-hydrogen) atoms. The van der Waals surface area contributed by atoms with E-state index in [9.17, 15) is 0 Å². The topological polar surface area (TPSA) is 175 Å². The van der Waals surface area contributed by atoms with Crippen molar-refractivity contribution in [1.82, 2.24) is 0 Å². The van der Waals surface area contributed by atoms with Crippen molar-refractivity contribution in [3.05, 3.63) is 0 Å². The highest BCUT2D eigenvalue weighted by atomic mass is 28.5. The maximum absolute atomic E-state index is 6.93. The van der Waals surface area contributed by atoms with Gasteiger partial charge in [0.1, 0.15) is 0 Å². The maximum atomic E-state index is 6.93. The largest absolute Gasteiger partial charge is 0.499 e. The third-order valence-corrected chi connectivity index (χ3v) is 78.3. The van der Waals surface area contributed by atoms with E-state index in [4.69, 9.17) is 79.1 Å². The number of hydrogen-bond donors (Lipinski definition) is 0. The molecule has 0 rings (SSSR count). The Hall–Kier alpha value is 3.14. The van der Waals surface area contributed by atoms with E-state index >= 15 is 0 Å². The Kier molecular flexibility index (Phi) is 28.8. The van der Waals surface area contributed by atoms with Crippen LogP contribution in [0.1, 0.15) is 0 Å². The van der Waals surface area contributed by atoms with Crippen molar-refractivity contribution < 1.29 is 79.1 Å². The van der Waals surface area contributed by atoms with Crippen LogP contribution in [0.3, 0.4) is 0 Å². The lowest BCUT2D eigenvalue weighted by Crippen LogP contribution is -2.63. The highest BCUT2D eigenvalue weighted by molar-refractivity contribution is 6.95. The van der Waals surface area contributed by atoms with E-state index in [1.165, 1.54) is 0 Å². The molecule has 0 aromatic rings. The maximum Gasteiger partial charge on any atom is 0.499 e. The zero-order chi connectivity index (χ0) is 61.8. The molecule has 0 heterocycles. The first kappa shape index (κ1) is 80.1. The predicted octanol–water partition coefficient (Wildman–Crippen LogP) is 13.7. The Labute approximate surface area is 491 Å². The van der Waals surface area contributed by atoms with E-state index < -0.39 is 154 Å². The van der Waals surface area contributed by atoms with Gasteiger partial charge in [0, 0.05) is 27.4 Å². The molecular formula is C40H118O19Si18. The predicted molar refractivity (Wildman–Crippen MR) is 357 cm³/mol. The van der Waals surface area contributed by atoms with Crippen molar-refractivity contribution in [2.24, 2.45) is 0 Å². The second kappa shape index (κ2) is 27.7. The minimum Gasteiger partial charge on any atom is -0.437 e. The fraction of sp³-hybridized carbons (Fsp3) is 1.00. The van der Waals surface area contributed by atoms with Crippen molar-refractivity contribution in [3.8, 4) is 0 Å². The molecule has 464 valence electrons. The Balaban J connectivity index is 5.78. The van der Waals surface area contributed by atoms with E-state index in [1.54, 1.807) is 21.3 Å². The highest BCUT2D eigenvalue weighted by Crippen LogP contribution is 2.34. The first-order valence-electron chi connectivity index (χ1n) is 27.1. The molecule has 0 aromatic heterocycles. The Bertz CT molecular complexity index is 1840. The van der Waals surface area contributed by atoms with Crippen molar-refractivity contribution in [2.45, 2.75) is 241 Å². The summed E-state index contributed by atoms with van der Waals surface area (Å²) in [6.07, 6.45) is 0. The molecule has 19 nitrogen and oxygen atoms in total. The molecule has 0 aromatic carbocycles. The molecule has 37 heteroatoms. The summed E-state index contributed by atoms with van der Waals surface area (Å²) < 4.78 is 127. The summed E-state index contributed by atoms with van der Waals surface area (Å²) in [5.41, 5.74) is 0. The SMILES string of the molecule is CO[Si](CC[Si](C)(C)O[Si](C)(C)O[Si](C)(C)O[Si](C)(C)O[Si](C)(C)O[Si](C)(C)O[Si](C)(C)O[Si](C)(C)O[Si](C)(C)O[Si](C)(C)O[Si](C)(C)O[Si](C)(C)O[Si](C)(C)O[Si](C)(C)O[Si](C)(C)O[Si](C)(C)O[Si](C)(C)C)(OC)OC. The summed E-state index contributed by atoms with van der Waals surface area (Å²) in [6.45, 7) is 73.0. The first-order chi connectivity index (χ1) is 33.2. The van der Waals surface area contributed by atoms with Gasteiger partial charge in [-0.15, -0.1) is 0 Å². The third-order valence-electron chi connectivity index (χ3n) is 9.92. The molecule has 0 bridgehead atoms. The van der Waals surface area contributed by atoms with Gasteiger partial charge in [-0.3, -0.25) is 0 Å². The van der Waals surface area contributed by atoms with Crippen molar-refractivity contribution in [3.63, 3.8) is 0 Å². The van der Waals surface area contributed by atoms with E-state index in [0.717, 1.165) is 6.04 Å². The van der Waals surface area contributed by atoms with E-state index in [0.29, 0.717) is 6.04 Å². The molecule has 0 atom stereocenters. The molecule has 0 radical (unpaired) electrons. The van der Waals surface area contributed by atoms with Crippen molar-refractivity contribution in [2.75, 3.05) is 21.3 Å². The van der Waals surface area contributed by atoms with Crippen LogP contribution in [0.15, 0.2) is 0 Å². The molecule has 0 amide bonds. The number of hydrogen-bond acceptors (Lipinski definition) is 19. The minimum atomic E-state index is -2.84. The van der Waals surface area contributed by atoms with E-state index in [1.807, 2.05) is 0 Å². The zero-order valence-corrected chi connectivity index (χ0v) is 74.2. The Morgan fingerprint density at radius 3 is 0.429 bits per heavy atom. The van der Waals surface area contributed by atoms with Crippen molar-refractivity contribution in [1.29, 1.82) is 0 Å². The van der Waals surface area contributed by atoms with Gasteiger partial charge < -0.3 is 79.1 Å². The van der Waals surface area contributed by atoms with Crippen molar-refractivity contribution >= 4 is 154 Å². The van der Waals surface area contributed by atoms with Crippen LogP contribution < -0.4 is 0 Å². The molecule has 0 fully saturated rings. The van der Waals surface area contributed by atoms with Crippen LogP contribution in [0.4, 0.5) is 0 Å². The van der Waals surface area contributed by atoms with E-state index in [-0.39, 0.29) is 0 Å². The smallest absolute Gasteiger partial charge is 0.437 e. The van der Waals surface area contributed by atoms with Gasteiger partial charge in [-0.1, -0.05) is 0 Å². The van der Waals surface area contributed by atoms with Crippen LogP contribution in [-0.4, -0.2) is 175 Å². The fourth-order valence-electron chi connectivity index (χ4n) is 11.1. The van der Waals surface area contributed by atoms with E-state index in [2.05, 4.69) is 229 Å². The second-order valence-corrected chi connectivity index (χ2v) is 94.7. The molecule has 0 spiro atoms. The average Bonchev–Trinajstić information content (AvgIpc) is 2.98. The minimum absolute atomic E-state index is 0.676. The summed E-state index contributed by atoms with van der Waals surface area (Å²) in [4.78, 5) is 0. The monoisotopic (exact) mass is 1410 g/mol. The van der Waals surface area contributed by atoms with Crippen LogP contribution in [0.25, 0.3) is 0 Å². The van der Waals surface area contributed by atoms with Crippen LogP contribution in [-0.2, 0) is 79.1 Å². The van der Waals surface area contributed by atoms with Crippen LogP contribution in [0.5, 0.6) is 0 Å². The molecule has 0 unspecified atom stereocenters. The standard InChI is InChI=1S/C40H118O19Si18/c1-41-77(42-2,43-3)40-39-61(7,8)45-63(11,12)47-65(15,16)49-67(19,20)51-69(23,24)53-71(27,28)55-73(31,32)57-75(35,36)59-76(37,38)58-74(33,34)56-72(29,30)54-70(25,26)52-68(21,22)50-66(17,18)48-64(13,14)46-62(9,10)44-60(4,5)6/h39-40H2,1-38H3. The average molecular weight is 1410 g/mol. The van der Waals surface area contributed by atoms with Gasteiger partial charge in [0.25, 0.3) is 0 Å². The van der Waals surface area contributed by atoms with Crippen LogP contribution in [0.2, 0.25) is 241 Å². The summed E-state index contributed by atoms with van der Waals surface area (Å²) in [7, 11) is -43.0. The molecule has 0 aliphatic carbocycles. The molecule has 0 saturated heterocycles. The zero-order valence-electron chi connectivity index (χ0n) is 56.2. The molecule has 0 saturated carbocycles. The van der Waals surface area contributed by atoms with Crippen LogP contribution >= 0.6 is 0 Å². The molecule has 0 N–H and O–H groups in total. The molecule has 0 aliphatic heterocycles. The third kappa shape index (κ3) is 35.5. The normalized spacial score (nSPS) is 16.0. The quantitative estimate of drug-likeness (QED) is 0.0533. The highest BCUT2D eigenvalue weighted by Gasteiger charge is 2.54. The second-order valence-electron chi connectivity index (χ2n) is 28.3. The first-order valence-corrected chi connectivity index (χ1v) is 77.8. The summed E-state index contributed by atoms with van der Waals surface area (Å²) in [6, 6.07) is 1.49. The van der Waals surface area contributed by atoms with Gasteiger partial charge in [0.2, 0.25) is 0 Å². The lowest BCUT2D eigenvalue weighted by atomic mass is 10.9. The molecule has 0 aliphatic rings. The van der Waals surface area contributed by atoms with Gasteiger partial charge in [0.15, 0.2) is 16.6 Å². The molecular weight excluding hydrogens is 1290 g/mol. The van der Waals surface area contributed by atoms with Crippen LogP contribution in [0, 0.1) is 0 Å². The summed E-state index contributed by atoms with van der Waals surface area (Å²) in [5.74, 6) is 0. The number of rotatable bonds is 38. The van der Waals surface area contributed by atoms with Gasteiger partial charge in [-0.25, -0.2) is 0 Å². The lowest BCUT2D eigenvalue weighted by Gasteiger charge is -2.45. The summed E-state index contributed by atoms with van der Waals surface area (Å²) >= 11 is 0.